The Balaban J connectivity index is 1.78. The summed E-state index contributed by atoms with van der Waals surface area (Å²) in [5.41, 5.74) is 0. The minimum atomic E-state index is 0.858. The Morgan fingerprint density at radius 1 is 1.26 bits per heavy atom. The molecule has 4 heteroatoms. The molecule has 0 spiro atoms. The number of nitrogens with one attached hydrogen (secondary N) is 1. The molecule has 0 radical (unpaired) electrons. The molecule has 1 aromatic heterocycles. The van der Waals surface area contributed by atoms with Gasteiger partial charge in [0.15, 0.2) is 0 Å². The van der Waals surface area contributed by atoms with E-state index >= 15 is 0 Å². The molecule has 2 rings (SSSR count). The topological polar surface area (TPSA) is 29.9 Å². The molecule has 0 amide bonds. The smallest absolute Gasteiger partial charge is 0.122 e. The second-order valence-electron chi connectivity index (χ2n) is 4.38. The van der Waals surface area contributed by atoms with Gasteiger partial charge in [0.05, 0.1) is 6.54 Å². The van der Waals surface area contributed by atoms with Crippen molar-refractivity contribution < 1.29 is 0 Å². The molecule has 0 unspecified atom stereocenters. The Hall–Kier alpha value is -1.26. The van der Waals surface area contributed by atoms with E-state index in [2.05, 4.69) is 58.3 Å². The van der Waals surface area contributed by atoms with Crippen LogP contribution in [-0.2, 0) is 13.1 Å². The van der Waals surface area contributed by atoms with E-state index in [1.807, 2.05) is 18.0 Å². The first kappa shape index (κ1) is 14.2. The Kier molecular flexibility index (Phi) is 5.98. The van der Waals surface area contributed by atoms with Gasteiger partial charge in [-0.1, -0.05) is 25.1 Å². The SMILES string of the molecule is CCCNCc1nccn1CCSc1ccccc1. The van der Waals surface area contributed by atoms with E-state index in [1.165, 1.54) is 4.90 Å². The Morgan fingerprint density at radius 3 is 2.89 bits per heavy atom. The molecule has 0 fully saturated rings. The number of thioether (sulfide) groups is 1. The minimum Gasteiger partial charge on any atom is -0.333 e. The summed E-state index contributed by atoms with van der Waals surface area (Å²) in [5, 5.41) is 3.40. The number of aromatic nitrogens is 2. The molecule has 0 aliphatic rings. The standard InChI is InChI=1S/C15H21N3S/c1-2-8-16-13-15-17-9-10-18(15)11-12-19-14-6-4-3-5-7-14/h3-7,9-10,16H,2,8,11-13H2,1H3. The molecule has 1 N–H and O–H groups in total. The first-order chi connectivity index (χ1) is 9.40. The first-order valence-electron chi connectivity index (χ1n) is 6.78. The monoisotopic (exact) mass is 275 g/mol. The number of hydrogen-bond acceptors (Lipinski definition) is 3. The number of benzene rings is 1. The summed E-state index contributed by atoms with van der Waals surface area (Å²) in [4.78, 5) is 5.73. The van der Waals surface area contributed by atoms with Crippen molar-refractivity contribution in [3.05, 3.63) is 48.5 Å². The summed E-state index contributed by atoms with van der Waals surface area (Å²) < 4.78 is 2.23. The highest BCUT2D eigenvalue weighted by Gasteiger charge is 2.02. The molecule has 19 heavy (non-hydrogen) atoms. The van der Waals surface area contributed by atoms with Crippen LogP contribution in [0.15, 0.2) is 47.6 Å². The van der Waals surface area contributed by atoms with Crippen LogP contribution >= 0.6 is 11.8 Å². The number of rotatable bonds is 8. The molecule has 1 aromatic carbocycles. The first-order valence-corrected chi connectivity index (χ1v) is 7.77. The molecule has 0 bridgehead atoms. The molecule has 0 atom stereocenters. The molecular formula is C15H21N3S. The minimum absolute atomic E-state index is 0.858. The molecule has 0 saturated carbocycles. The molecule has 102 valence electrons. The third-order valence-electron chi connectivity index (χ3n) is 2.86. The van der Waals surface area contributed by atoms with E-state index in [1.54, 1.807) is 0 Å². The quantitative estimate of drug-likeness (QED) is 0.593. The highest BCUT2D eigenvalue weighted by Crippen LogP contribution is 2.17. The van der Waals surface area contributed by atoms with Crippen LogP contribution < -0.4 is 5.32 Å². The zero-order valence-electron chi connectivity index (χ0n) is 11.4. The van der Waals surface area contributed by atoms with Gasteiger partial charge in [0.1, 0.15) is 5.82 Å². The summed E-state index contributed by atoms with van der Waals surface area (Å²) in [7, 11) is 0. The molecule has 0 aliphatic heterocycles. The van der Waals surface area contributed by atoms with Crippen molar-refractivity contribution in [2.45, 2.75) is 31.3 Å². The second kappa shape index (κ2) is 8.02. The Bertz CT molecular complexity index is 467. The number of hydrogen-bond donors (Lipinski definition) is 1. The van der Waals surface area contributed by atoms with Crippen molar-refractivity contribution in [2.24, 2.45) is 0 Å². The Morgan fingerprint density at radius 2 is 2.11 bits per heavy atom. The van der Waals surface area contributed by atoms with Gasteiger partial charge in [-0.15, -0.1) is 11.8 Å². The summed E-state index contributed by atoms with van der Waals surface area (Å²) in [6.07, 6.45) is 5.11. The number of imidazole rings is 1. The van der Waals surface area contributed by atoms with E-state index in [4.69, 9.17) is 0 Å². The normalized spacial score (nSPS) is 10.8. The number of nitrogens with zero attached hydrogens (tertiary/aromatic N) is 2. The van der Waals surface area contributed by atoms with Crippen molar-refractivity contribution in [1.29, 1.82) is 0 Å². The summed E-state index contributed by atoms with van der Waals surface area (Å²) in [6, 6.07) is 10.5. The van der Waals surface area contributed by atoms with Gasteiger partial charge in [0.2, 0.25) is 0 Å². The van der Waals surface area contributed by atoms with Crippen molar-refractivity contribution in [1.82, 2.24) is 14.9 Å². The highest BCUT2D eigenvalue weighted by molar-refractivity contribution is 7.99. The van der Waals surface area contributed by atoms with E-state index in [0.717, 1.165) is 37.6 Å². The van der Waals surface area contributed by atoms with Gasteiger partial charge in [0, 0.05) is 29.6 Å². The van der Waals surface area contributed by atoms with Gasteiger partial charge in [-0.3, -0.25) is 0 Å². The average Bonchev–Trinajstić information content (AvgIpc) is 2.88. The fraction of sp³-hybridized carbons (Fsp3) is 0.400. The van der Waals surface area contributed by atoms with Crippen LogP contribution in [0.5, 0.6) is 0 Å². The van der Waals surface area contributed by atoms with E-state index < -0.39 is 0 Å². The lowest BCUT2D eigenvalue weighted by molar-refractivity contribution is 0.610. The van der Waals surface area contributed by atoms with Crippen molar-refractivity contribution >= 4 is 11.8 Å². The summed E-state index contributed by atoms with van der Waals surface area (Å²) >= 11 is 1.89. The predicted molar refractivity (Wildman–Crippen MR) is 81.4 cm³/mol. The van der Waals surface area contributed by atoms with E-state index in [9.17, 15) is 0 Å². The fourth-order valence-corrected chi connectivity index (χ4v) is 2.74. The predicted octanol–water partition coefficient (Wildman–Crippen LogP) is 3.18. The fourth-order valence-electron chi connectivity index (χ4n) is 1.87. The molecule has 0 saturated heterocycles. The van der Waals surface area contributed by atoms with Gasteiger partial charge in [-0.2, -0.15) is 0 Å². The molecule has 2 aromatic rings. The third-order valence-corrected chi connectivity index (χ3v) is 3.85. The number of aryl methyl sites for hydroxylation is 1. The van der Waals surface area contributed by atoms with E-state index in [-0.39, 0.29) is 0 Å². The zero-order valence-corrected chi connectivity index (χ0v) is 12.2. The van der Waals surface area contributed by atoms with Crippen LogP contribution in [0, 0.1) is 0 Å². The lowest BCUT2D eigenvalue weighted by Gasteiger charge is -2.08. The van der Waals surface area contributed by atoms with Crippen LogP contribution in [0.3, 0.4) is 0 Å². The van der Waals surface area contributed by atoms with Crippen LogP contribution in [0.4, 0.5) is 0 Å². The highest BCUT2D eigenvalue weighted by atomic mass is 32.2. The molecule has 3 nitrogen and oxygen atoms in total. The largest absolute Gasteiger partial charge is 0.333 e. The lowest BCUT2D eigenvalue weighted by atomic mass is 10.4. The third kappa shape index (κ3) is 4.73. The van der Waals surface area contributed by atoms with Crippen LogP contribution in [0.2, 0.25) is 0 Å². The molecule has 1 heterocycles. The second-order valence-corrected chi connectivity index (χ2v) is 5.54. The van der Waals surface area contributed by atoms with Crippen molar-refractivity contribution in [3.63, 3.8) is 0 Å². The lowest BCUT2D eigenvalue weighted by Crippen LogP contribution is -2.18. The van der Waals surface area contributed by atoms with Crippen molar-refractivity contribution in [2.75, 3.05) is 12.3 Å². The maximum Gasteiger partial charge on any atom is 0.122 e. The molecule has 0 aliphatic carbocycles. The van der Waals surface area contributed by atoms with Gasteiger partial charge in [-0.05, 0) is 25.1 Å². The maximum atomic E-state index is 4.40. The van der Waals surface area contributed by atoms with Crippen LogP contribution in [-0.4, -0.2) is 21.8 Å². The average molecular weight is 275 g/mol. The van der Waals surface area contributed by atoms with Gasteiger partial charge >= 0.3 is 0 Å². The van der Waals surface area contributed by atoms with Crippen molar-refractivity contribution in [3.8, 4) is 0 Å². The van der Waals surface area contributed by atoms with Crippen LogP contribution in [0.25, 0.3) is 0 Å². The summed E-state index contributed by atoms with van der Waals surface area (Å²) in [5.74, 6) is 2.20. The summed E-state index contributed by atoms with van der Waals surface area (Å²) in [6.45, 7) is 5.08. The van der Waals surface area contributed by atoms with Crippen LogP contribution in [0.1, 0.15) is 19.2 Å². The van der Waals surface area contributed by atoms with Gasteiger partial charge < -0.3 is 9.88 Å². The van der Waals surface area contributed by atoms with Gasteiger partial charge in [0.25, 0.3) is 0 Å². The zero-order chi connectivity index (χ0) is 13.3. The maximum absolute atomic E-state index is 4.40. The molecular weight excluding hydrogens is 254 g/mol. The Labute approximate surface area is 119 Å². The van der Waals surface area contributed by atoms with Gasteiger partial charge in [-0.25, -0.2) is 4.98 Å². The van der Waals surface area contributed by atoms with E-state index in [0.29, 0.717) is 0 Å².